The van der Waals surface area contributed by atoms with Gasteiger partial charge >= 0.3 is 0 Å². The molecule has 0 spiro atoms. The molecule has 0 aliphatic rings. The molecule has 0 N–H and O–H groups in total. The van der Waals surface area contributed by atoms with Gasteiger partial charge in [-0.2, -0.15) is 0 Å². The van der Waals surface area contributed by atoms with Crippen LogP contribution in [0.1, 0.15) is 34.3 Å². The zero-order chi connectivity index (χ0) is 14.7. The number of carbonyl (C=O) groups is 1. The van der Waals surface area contributed by atoms with Crippen LogP contribution in [0.3, 0.4) is 0 Å². The summed E-state index contributed by atoms with van der Waals surface area (Å²) in [6.45, 7) is 5.53. The average Bonchev–Trinajstić information content (AvgIpc) is 2.75. The monoisotopic (exact) mass is 275 g/mol. The van der Waals surface area contributed by atoms with Crippen molar-refractivity contribution < 1.29 is 18.8 Å². The molecule has 0 aliphatic heterocycles. The van der Waals surface area contributed by atoms with E-state index in [9.17, 15) is 4.79 Å². The van der Waals surface area contributed by atoms with Crippen molar-refractivity contribution in [2.24, 2.45) is 0 Å². The predicted octanol–water partition coefficient (Wildman–Crippen LogP) is 3.08. The van der Waals surface area contributed by atoms with Crippen LogP contribution in [0.15, 0.2) is 22.7 Å². The Morgan fingerprint density at radius 1 is 1.30 bits per heavy atom. The van der Waals surface area contributed by atoms with Gasteiger partial charge in [-0.15, -0.1) is 0 Å². The summed E-state index contributed by atoms with van der Waals surface area (Å²) in [7, 11) is 1.56. The smallest absolute Gasteiger partial charge is 0.162 e. The van der Waals surface area contributed by atoms with E-state index in [0.717, 1.165) is 17.0 Å². The molecule has 0 unspecified atom stereocenters. The molecule has 5 heteroatoms. The van der Waals surface area contributed by atoms with E-state index in [1.165, 1.54) is 6.92 Å². The van der Waals surface area contributed by atoms with Crippen LogP contribution in [0.4, 0.5) is 0 Å². The average molecular weight is 275 g/mol. The van der Waals surface area contributed by atoms with Crippen molar-refractivity contribution in [3.05, 3.63) is 40.8 Å². The first-order chi connectivity index (χ1) is 9.52. The van der Waals surface area contributed by atoms with Crippen molar-refractivity contribution in [3.63, 3.8) is 0 Å². The first-order valence-electron chi connectivity index (χ1n) is 6.26. The van der Waals surface area contributed by atoms with Crippen molar-refractivity contribution in [1.29, 1.82) is 0 Å². The first kappa shape index (κ1) is 14.1. The van der Waals surface area contributed by atoms with Gasteiger partial charge in [0.15, 0.2) is 17.3 Å². The number of Topliss-reactive ketones (excluding diaryl/α,β-unsaturated/α-hetero) is 1. The maximum absolute atomic E-state index is 11.4. The zero-order valence-electron chi connectivity index (χ0n) is 12.0. The Bertz CT molecular complexity index is 611. The minimum atomic E-state index is -0.0187. The van der Waals surface area contributed by atoms with E-state index in [0.29, 0.717) is 23.7 Å². The van der Waals surface area contributed by atoms with Gasteiger partial charge in [-0.1, -0.05) is 5.16 Å². The maximum Gasteiger partial charge on any atom is 0.162 e. The molecule has 0 bridgehead atoms. The molecule has 5 nitrogen and oxygen atoms in total. The van der Waals surface area contributed by atoms with Crippen LogP contribution >= 0.6 is 0 Å². The number of ether oxygens (including phenoxy) is 2. The van der Waals surface area contributed by atoms with E-state index in [2.05, 4.69) is 5.16 Å². The van der Waals surface area contributed by atoms with Gasteiger partial charge in [-0.25, -0.2) is 0 Å². The summed E-state index contributed by atoms with van der Waals surface area (Å²) in [5.74, 6) is 1.82. The number of nitrogens with zero attached hydrogens (tertiary/aromatic N) is 1. The molecule has 0 radical (unpaired) electrons. The summed E-state index contributed by atoms with van der Waals surface area (Å²) in [6, 6.07) is 5.11. The molecule has 1 aromatic heterocycles. The molecule has 2 rings (SSSR count). The number of carbonyl (C=O) groups excluding carboxylic acids is 1. The molecule has 2 aromatic rings. The van der Waals surface area contributed by atoms with Crippen molar-refractivity contribution in [1.82, 2.24) is 5.16 Å². The van der Waals surface area contributed by atoms with Crippen LogP contribution in [0.2, 0.25) is 0 Å². The fourth-order valence-corrected chi connectivity index (χ4v) is 1.87. The lowest BCUT2D eigenvalue weighted by Gasteiger charge is -2.11. The molecule has 20 heavy (non-hydrogen) atoms. The summed E-state index contributed by atoms with van der Waals surface area (Å²) in [5, 5.41) is 3.88. The highest BCUT2D eigenvalue weighted by molar-refractivity contribution is 5.94. The van der Waals surface area contributed by atoms with Gasteiger partial charge in [0.1, 0.15) is 12.4 Å². The van der Waals surface area contributed by atoms with Gasteiger partial charge in [0.05, 0.1) is 18.4 Å². The second kappa shape index (κ2) is 5.77. The standard InChI is InChI=1S/C15H17NO4/c1-9-13(11(3)20-16-9)8-19-15-7-12(10(2)17)5-6-14(15)18-4/h5-7H,8H2,1-4H3. The van der Waals surface area contributed by atoms with Crippen LogP contribution < -0.4 is 9.47 Å². The molecule has 0 atom stereocenters. The molecule has 0 saturated heterocycles. The van der Waals surface area contributed by atoms with Crippen molar-refractivity contribution in [2.45, 2.75) is 27.4 Å². The number of ketones is 1. The second-order valence-electron chi connectivity index (χ2n) is 4.51. The van der Waals surface area contributed by atoms with Crippen LogP contribution in [0.25, 0.3) is 0 Å². The molecule has 0 fully saturated rings. The second-order valence-corrected chi connectivity index (χ2v) is 4.51. The molecule has 1 heterocycles. The van der Waals surface area contributed by atoms with Gasteiger partial charge in [0.2, 0.25) is 0 Å². The van der Waals surface area contributed by atoms with Crippen LogP contribution in [0, 0.1) is 13.8 Å². The largest absolute Gasteiger partial charge is 0.493 e. The molecule has 106 valence electrons. The minimum Gasteiger partial charge on any atom is -0.493 e. The van der Waals surface area contributed by atoms with E-state index in [-0.39, 0.29) is 5.78 Å². The summed E-state index contributed by atoms with van der Waals surface area (Å²) < 4.78 is 16.1. The van der Waals surface area contributed by atoms with Gasteiger partial charge in [-0.3, -0.25) is 4.79 Å². The van der Waals surface area contributed by atoms with Crippen molar-refractivity contribution in [3.8, 4) is 11.5 Å². The maximum atomic E-state index is 11.4. The number of benzene rings is 1. The minimum absolute atomic E-state index is 0.0187. The highest BCUT2D eigenvalue weighted by atomic mass is 16.5. The highest BCUT2D eigenvalue weighted by Gasteiger charge is 2.13. The summed E-state index contributed by atoms with van der Waals surface area (Å²) >= 11 is 0. The van der Waals surface area contributed by atoms with E-state index in [1.807, 2.05) is 13.8 Å². The first-order valence-corrected chi connectivity index (χ1v) is 6.26. The Balaban J connectivity index is 2.24. The third-order valence-corrected chi connectivity index (χ3v) is 3.12. The molecular formula is C15H17NO4. The van der Waals surface area contributed by atoms with Gasteiger partial charge < -0.3 is 14.0 Å². The van der Waals surface area contributed by atoms with E-state index < -0.39 is 0 Å². The molecule has 0 aliphatic carbocycles. The Kier molecular flexibility index (Phi) is 4.08. The zero-order valence-corrected chi connectivity index (χ0v) is 12.0. The number of aromatic nitrogens is 1. The lowest BCUT2D eigenvalue weighted by Crippen LogP contribution is -2.01. The Morgan fingerprint density at radius 2 is 2.05 bits per heavy atom. The Hall–Kier alpha value is -2.30. The van der Waals surface area contributed by atoms with Gasteiger partial charge in [-0.05, 0) is 39.0 Å². The summed E-state index contributed by atoms with van der Waals surface area (Å²) in [5.41, 5.74) is 2.28. The highest BCUT2D eigenvalue weighted by Crippen LogP contribution is 2.29. The van der Waals surface area contributed by atoms with Gasteiger partial charge in [0, 0.05) is 5.56 Å². The summed E-state index contributed by atoms with van der Waals surface area (Å²) in [6.07, 6.45) is 0. The fraction of sp³-hybridized carbons (Fsp3) is 0.333. The van der Waals surface area contributed by atoms with Crippen molar-refractivity contribution >= 4 is 5.78 Å². The van der Waals surface area contributed by atoms with E-state index in [1.54, 1.807) is 25.3 Å². The van der Waals surface area contributed by atoms with E-state index >= 15 is 0 Å². The number of rotatable bonds is 5. The topological polar surface area (TPSA) is 61.6 Å². The van der Waals surface area contributed by atoms with Crippen LogP contribution in [0.5, 0.6) is 11.5 Å². The number of aryl methyl sites for hydroxylation is 2. The van der Waals surface area contributed by atoms with Crippen LogP contribution in [-0.4, -0.2) is 18.0 Å². The lowest BCUT2D eigenvalue weighted by molar-refractivity contribution is 0.101. The third kappa shape index (κ3) is 2.82. The molecule has 1 aromatic carbocycles. The fourth-order valence-electron chi connectivity index (χ4n) is 1.87. The number of methoxy groups -OCH3 is 1. The molecule has 0 amide bonds. The quantitative estimate of drug-likeness (QED) is 0.785. The predicted molar refractivity (Wildman–Crippen MR) is 73.3 cm³/mol. The van der Waals surface area contributed by atoms with E-state index in [4.69, 9.17) is 14.0 Å². The normalized spacial score (nSPS) is 10.4. The van der Waals surface area contributed by atoms with Crippen molar-refractivity contribution in [2.75, 3.05) is 7.11 Å². The Morgan fingerprint density at radius 3 is 2.60 bits per heavy atom. The number of hydrogen-bond acceptors (Lipinski definition) is 5. The Labute approximate surface area is 117 Å². The van der Waals surface area contributed by atoms with Crippen LogP contribution in [-0.2, 0) is 6.61 Å². The number of hydrogen-bond donors (Lipinski definition) is 0. The summed E-state index contributed by atoms with van der Waals surface area (Å²) in [4.78, 5) is 11.4. The molecular weight excluding hydrogens is 258 g/mol. The SMILES string of the molecule is COc1ccc(C(C)=O)cc1OCc1c(C)noc1C. The lowest BCUT2D eigenvalue weighted by atomic mass is 10.1. The third-order valence-electron chi connectivity index (χ3n) is 3.12. The molecule has 0 saturated carbocycles. The van der Waals surface area contributed by atoms with Gasteiger partial charge in [0.25, 0.3) is 0 Å².